The van der Waals surface area contributed by atoms with Crippen molar-refractivity contribution in [2.45, 2.75) is 69.1 Å². The SMILES string of the molecule is O=C(N1N=C(C(F)F)C[C@@]1(O)C(F)F)C12C[C@H]3C[C@H](C1)CC(n1ncnn1)(C3)C2. The third-order valence-corrected chi connectivity index (χ3v) is 7.09. The largest absolute Gasteiger partial charge is 0.364 e. The zero-order valence-electron chi connectivity index (χ0n) is 15.4. The van der Waals surface area contributed by atoms with Gasteiger partial charge >= 0.3 is 0 Å². The second kappa shape index (κ2) is 5.96. The Morgan fingerprint density at radius 1 is 1.17 bits per heavy atom. The smallest absolute Gasteiger partial charge is 0.287 e. The summed E-state index contributed by atoms with van der Waals surface area (Å²) in [6.45, 7) is 0. The highest BCUT2D eigenvalue weighted by Crippen LogP contribution is 2.64. The molecule has 1 aromatic rings. The number of hydrogen-bond acceptors (Lipinski definition) is 6. The van der Waals surface area contributed by atoms with E-state index in [9.17, 15) is 27.5 Å². The molecule has 1 aliphatic heterocycles. The topological polar surface area (TPSA) is 96.5 Å². The summed E-state index contributed by atoms with van der Waals surface area (Å²) < 4.78 is 53.6. The van der Waals surface area contributed by atoms with E-state index in [2.05, 4.69) is 20.5 Å². The molecule has 2 heterocycles. The Morgan fingerprint density at radius 2 is 1.86 bits per heavy atom. The third kappa shape index (κ3) is 2.57. The molecule has 4 aliphatic carbocycles. The van der Waals surface area contributed by atoms with Crippen LogP contribution in [-0.4, -0.2) is 60.5 Å². The molecule has 6 rings (SSSR count). The fraction of sp³-hybridized carbons (Fsp3) is 0.824. The molecule has 29 heavy (non-hydrogen) atoms. The Labute approximate surface area is 162 Å². The van der Waals surface area contributed by atoms with E-state index in [1.54, 1.807) is 0 Å². The number of nitrogens with zero attached hydrogens (tertiary/aromatic N) is 6. The van der Waals surface area contributed by atoms with E-state index in [-0.39, 0.29) is 23.3 Å². The van der Waals surface area contributed by atoms with Crippen LogP contribution in [-0.2, 0) is 10.3 Å². The fourth-order valence-electron chi connectivity index (χ4n) is 6.41. The number of hydrazone groups is 1. The highest BCUT2D eigenvalue weighted by Gasteiger charge is 2.65. The highest BCUT2D eigenvalue weighted by molar-refractivity contribution is 5.94. The average molecular weight is 416 g/mol. The van der Waals surface area contributed by atoms with Crippen molar-refractivity contribution in [3.8, 4) is 0 Å². The number of carbonyl (C=O) groups excluding carboxylic acids is 1. The van der Waals surface area contributed by atoms with Crippen molar-refractivity contribution in [3.05, 3.63) is 6.33 Å². The molecule has 0 unspecified atom stereocenters. The zero-order chi connectivity index (χ0) is 20.6. The Kier molecular flexibility index (Phi) is 3.88. The number of carbonyl (C=O) groups is 1. The number of aliphatic hydroxyl groups is 1. The molecular weight excluding hydrogens is 396 g/mol. The first-order valence-electron chi connectivity index (χ1n) is 9.62. The number of aromatic nitrogens is 4. The van der Waals surface area contributed by atoms with Gasteiger partial charge in [0.05, 0.1) is 11.0 Å². The quantitative estimate of drug-likeness (QED) is 0.755. The monoisotopic (exact) mass is 416 g/mol. The Balaban J connectivity index is 1.54. The molecule has 158 valence electrons. The molecule has 3 atom stereocenters. The lowest BCUT2D eigenvalue weighted by molar-refractivity contribution is -0.211. The summed E-state index contributed by atoms with van der Waals surface area (Å²) in [5.74, 6) is -0.492. The molecule has 0 aromatic carbocycles. The summed E-state index contributed by atoms with van der Waals surface area (Å²) in [4.78, 5) is 15.0. The Hall–Kier alpha value is -2.11. The third-order valence-electron chi connectivity index (χ3n) is 7.09. The second-order valence-corrected chi connectivity index (χ2v) is 9.06. The first kappa shape index (κ1) is 18.9. The van der Waals surface area contributed by atoms with E-state index in [0.29, 0.717) is 12.8 Å². The maximum atomic E-state index is 13.6. The maximum absolute atomic E-state index is 13.6. The van der Waals surface area contributed by atoms with Gasteiger partial charge in [-0.3, -0.25) is 4.79 Å². The van der Waals surface area contributed by atoms with E-state index in [1.807, 2.05) is 0 Å². The van der Waals surface area contributed by atoms with Crippen LogP contribution < -0.4 is 0 Å². The molecule has 12 heteroatoms. The van der Waals surface area contributed by atoms with Gasteiger partial charge in [-0.05, 0) is 55.6 Å². The van der Waals surface area contributed by atoms with Gasteiger partial charge in [-0.25, -0.2) is 17.6 Å². The van der Waals surface area contributed by atoms with E-state index < -0.39 is 47.6 Å². The van der Waals surface area contributed by atoms with Gasteiger partial charge in [-0.15, -0.1) is 10.2 Å². The minimum atomic E-state index is -3.42. The van der Waals surface area contributed by atoms with Crippen molar-refractivity contribution in [1.82, 2.24) is 25.2 Å². The van der Waals surface area contributed by atoms with Crippen molar-refractivity contribution >= 4 is 11.6 Å². The number of alkyl halides is 4. The molecule has 1 N–H and O–H groups in total. The summed E-state index contributed by atoms with van der Waals surface area (Å²) in [5.41, 5.74) is -5.58. The van der Waals surface area contributed by atoms with Crippen LogP contribution in [0.4, 0.5) is 17.6 Å². The zero-order valence-corrected chi connectivity index (χ0v) is 15.4. The van der Waals surface area contributed by atoms with Gasteiger partial charge in [-0.2, -0.15) is 14.9 Å². The van der Waals surface area contributed by atoms with Crippen LogP contribution >= 0.6 is 0 Å². The molecule has 5 aliphatic rings. The molecule has 4 fully saturated rings. The van der Waals surface area contributed by atoms with Gasteiger partial charge in [0.15, 0.2) is 6.33 Å². The first-order valence-corrected chi connectivity index (χ1v) is 9.62. The molecule has 8 nitrogen and oxygen atoms in total. The standard InChI is InChI=1S/C17H20F4N6O2/c18-12(19)11-6-17(29,13(20)21)26(24-11)14(28)15-2-9-1-10(3-15)5-16(4-9,7-15)27-23-8-22-25-27/h8-10,12-13,29H,1-7H2/t9-,10-,15?,16?,17-/m1/s1. The molecule has 0 radical (unpaired) electrons. The lowest BCUT2D eigenvalue weighted by Gasteiger charge is -2.60. The fourth-order valence-corrected chi connectivity index (χ4v) is 6.41. The van der Waals surface area contributed by atoms with Crippen molar-refractivity contribution in [2.75, 3.05) is 0 Å². The van der Waals surface area contributed by atoms with Crippen LogP contribution in [0.2, 0.25) is 0 Å². The van der Waals surface area contributed by atoms with Gasteiger partial charge in [-0.1, -0.05) is 0 Å². The summed E-state index contributed by atoms with van der Waals surface area (Å²) in [5, 5.41) is 26.1. The second-order valence-electron chi connectivity index (χ2n) is 9.06. The van der Waals surface area contributed by atoms with E-state index in [4.69, 9.17) is 0 Å². The van der Waals surface area contributed by atoms with Crippen LogP contribution in [0, 0.1) is 17.3 Å². The van der Waals surface area contributed by atoms with Gasteiger partial charge in [0.2, 0.25) is 5.72 Å². The highest BCUT2D eigenvalue weighted by atomic mass is 19.3. The summed E-state index contributed by atoms with van der Waals surface area (Å²) in [6, 6.07) is 0. The summed E-state index contributed by atoms with van der Waals surface area (Å²) in [7, 11) is 0. The van der Waals surface area contributed by atoms with Gasteiger partial charge in [0.25, 0.3) is 18.8 Å². The predicted molar refractivity (Wildman–Crippen MR) is 88.8 cm³/mol. The minimum absolute atomic E-state index is 0.159. The number of hydrogen-bond donors (Lipinski definition) is 1. The van der Waals surface area contributed by atoms with Gasteiger partial charge < -0.3 is 5.11 Å². The van der Waals surface area contributed by atoms with Crippen LogP contribution in [0.3, 0.4) is 0 Å². The number of halogens is 4. The molecule has 4 saturated carbocycles. The van der Waals surface area contributed by atoms with E-state index in [1.165, 1.54) is 11.1 Å². The van der Waals surface area contributed by atoms with Crippen molar-refractivity contribution in [2.24, 2.45) is 22.4 Å². The minimum Gasteiger partial charge on any atom is -0.364 e. The normalized spacial score (nSPS) is 40.9. The number of amides is 1. The van der Waals surface area contributed by atoms with Crippen LogP contribution in [0.25, 0.3) is 0 Å². The van der Waals surface area contributed by atoms with Gasteiger partial charge in [0, 0.05) is 6.42 Å². The Bertz CT molecular complexity index is 848. The van der Waals surface area contributed by atoms with Crippen LogP contribution in [0.1, 0.15) is 44.9 Å². The van der Waals surface area contributed by atoms with Gasteiger partial charge in [0.1, 0.15) is 5.71 Å². The molecule has 1 amide bonds. The van der Waals surface area contributed by atoms with Crippen molar-refractivity contribution in [1.29, 1.82) is 0 Å². The summed E-state index contributed by atoms with van der Waals surface area (Å²) >= 11 is 0. The molecule has 0 spiro atoms. The lowest BCUT2D eigenvalue weighted by atomic mass is 9.46. The van der Waals surface area contributed by atoms with E-state index in [0.717, 1.165) is 19.3 Å². The average Bonchev–Trinajstić information content (AvgIpc) is 3.29. The molecule has 4 bridgehead atoms. The first-order chi connectivity index (χ1) is 13.7. The Morgan fingerprint density at radius 3 is 2.41 bits per heavy atom. The molecular formula is C17H20F4N6O2. The van der Waals surface area contributed by atoms with Crippen molar-refractivity contribution in [3.63, 3.8) is 0 Å². The van der Waals surface area contributed by atoms with E-state index >= 15 is 0 Å². The molecule has 0 saturated heterocycles. The van der Waals surface area contributed by atoms with Crippen molar-refractivity contribution < 1.29 is 27.5 Å². The number of rotatable bonds is 4. The number of tetrazole rings is 1. The van der Waals surface area contributed by atoms with Crippen LogP contribution in [0.15, 0.2) is 11.4 Å². The predicted octanol–water partition coefficient (Wildman–Crippen LogP) is 1.78. The van der Waals surface area contributed by atoms with Crippen LogP contribution in [0.5, 0.6) is 0 Å². The maximum Gasteiger partial charge on any atom is 0.287 e. The lowest BCUT2D eigenvalue weighted by Crippen LogP contribution is -2.64. The molecule has 1 aromatic heterocycles. The summed E-state index contributed by atoms with van der Waals surface area (Å²) in [6.07, 6.45) is -2.70.